The van der Waals surface area contributed by atoms with Crippen LogP contribution in [0.15, 0.2) is 24.3 Å². The van der Waals surface area contributed by atoms with Crippen LogP contribution in [0.3, 0.4) is 0 Å². The standard InChI is InChI=1S/C18H28N2O3Si/c1-18(2,3)24(5,6)23-14-9-7-8-13(12-14)20(4)15-10-11-16(21)19-17(15)22/h7-9,12,15H,10-11H2,1-6H3,(H,19,21,22). The van der Waals surface area contributed by atoms with Gasteiger partial charge in [-0.2, -0.15) is 0 Å². The number of piperidine rings is 1. The van der Waals surface area contributed by atoms with Gasteiger partial charge >= 0.3 is 0 Å². The first kappa shape index (κ1) is 18.5. The fourth-order valence-corrected chi connectivity index (χ4v) is 3.47. The molecule has 1 N–H and O–H groups in total. The Balaban J connectivity index is 2.18. The van der Waals surface area contributed by atoms with Crippen LogP contribution >= 0.6 is 0 Å². The van der Waals surface area contributed by atoms with E-state index in [4.69, 9.17) is 4.43 Å². The van der Waals surface area contributed by atoms with E-state index in [-0.39, 0.29) is 22.9 Å². The lowest BCUT2D eigenvalue weighted by atomic mass is 10.0. The van der Waals surface area contributed by atoms with Crippen LogP contribution in [0.1, 0.15) is 33.6 Å². The molecule has 2 rings (SSSR count). The van der Waals surface area contributed by atoms with E-state index in [0.717, 1.165) is 11.4 Å². The Morgan fingerprint density at radius 3 is 2.50 bits per heavy atom. The summed E-state index contributed by atoms with van der Waals surface area (Å²) >= 11 is 0. The molecule has 1 atom stereocenters. The number of hydrogen-bond donors (Lipinski definition) is 1. The molecule has 0 aromatic heterocycles. The van der Waals surface area contributed by atoms with Crippen molar-refractivity contribution in [2.75, 3.05) is 11.9 Å². The number of likely N-dealkylation sites (N-methyl/N-ethyl adjacent to an activating group) is 1. The van der Waals surface area contributed by atoms with Gasteiger partial charge in [-0.15, -0.1) is 0 Å². The minimum Gasteiger partial charge on any atom is -0.543 e. The molecule has 0 bridgehead atoms. The second-order valence-electron chi connectivity index (χ2n) is 7.94. The summed E-state index contributed by atoms with van der Waals surface area (Å²) < 4.78 is 6.35. The predicted octanol–water partition coefficient (Wildman–Crippen LogP) is 3.31. The average molecular weight is 349 g/mol. The van der Waals surface area contributed by atoms with Crippen molar-refractivity contribution in [3.63, 3.8) is 0 Å². The predicted molar refractivity (Wildman–Crippen MR) is 98.8 cm³/mol. The molecule has 1 unspecified atom stereocenters. The van der Waals surface area contributed by atoms with Crippen molar-refractivity contribution in [2.45, 2.75) is 57.8 Å². The lowest BCUT2D eigenvalue weighted by Crippen LogP contribution is -2.51. The third-order valence-corrected chi connectivity index (χ3v) is 9.44. The SMILES string of the molecule is CN(c1cccc(O[Si](C)(C)C(C)(C)C)c1)C1CCC(=O)NC1=O. The van der Waals surface area contributed by atoms with Crippen LogP contribution in [0.4, 0.5) is 5.69 Å². The maximum Gasteiger partial charge on any atom is 0.250 e. The molecule has 24 heavy (non-hydrogen) atoms. The van der Waals surface area contributed by atoms with Gasteiger partial charge < -0.3 is 9.33 Å². The largest absolute Gasteiger partial charge is 0.543 e. The first-order valence-electron chi connectivity index (χ1n) is 8.37. The maximum absolute atomic E-state index is 12.1. The van der Waals surface area contributed by atoms with Crippen LogP contribution in [0.25, 0.3) is 0 Å². The molecule has 6 heteroatoms. The molecule has 1 aromatic rings. The summed E-state index contributed by atoms with van der Waals surface area (Å²) in [6.07, 6.45) is 0.912. The van der Waals surface area contributed by atoms with Crippen molar-refractivity contribution >= 4 is 25.8 Å². The molecule has 1 saturated heterocycles. The minimum absolute atomic E-state index is 0.124. The zero-order valence-electron chi connectivity index (χ0n) is 15.5. The molecule has 0 saturated carbocycles. The fourth-order valence-electron chi connectivity index (χ4n) is 2.45. The summed E-state index contributed by atoms with van der Waals surface area (Å²) in [6.45, 7) is 11.0. The molecule has 1 aliphatic rings. The Bertz CT molecular complexity index is 637. The number of hydrogen-bond acceptors (Lipinski definition) is 4. The molecule has 132 valence electrons. The van der Waals surface area contributed by atoms with Crippen molar-refractivity contribution in [1.82, 2.24) is 5.32 Å². The van der Waals surface area contributed by atoms with Crippen LogP contribution in [-0.2, 0) is 9.59 Å². The van der Waals surface area contributed by atoms with E-state index in [2.05, 4.69) is 39.2 Å². The lowest BCUT2D eigenvalue weighted by Gasteiger charge is -2.37. The van der Waals surface area contributed by atoms with Crippen molar-refractivity contribution in [3.05, 3.63) is 24.3 Å². The Labute approximate surface area is 145 Å². The minimum atomic E-state index is -1.91. The number of imide groups is 1. The molecular weight excluding hydrogens is 320 g/mol. The number of benzene rings is 1. The first-order chi connectivity index (χ1) is 11.0. The van der Waals surface area contributed by atoms with E-state index in [9.17, 15) is 9.59 Å². The summed E-state index contributed by atoms with van der Waals surface area (Å²) in [5.74, 6) is 0.405. The summed E-state index contributed by atoms with van der Waals surface area (Å²) in [5.41, 5.74) is 0.917. The number of amides is 2. The summed E-state index contributed by atoms with van der Waals surface area (Å²) in [4.78, 5) is 25.3. The second-order valence-corrected chi connectivity index (χ2v) is 12.7. The molecule has 2 amide bonds. The smallest absolute Gasteiger partial charge is 0.250 e. The van der Waals surface area contributed by atoms with E-state index < -0.39 is 8.32 Å². The van der Waals surface area contributed by atoms with Crippen LogP contribution in [0.5, 0.6) is 5.75 Å². The van der Waals surface area contributed by atoms with Gasteiger partial charge in [0.05, 0.1) is 0 Å². The van der Waals surface area contributed by atoms with Gasteiger partial charge in [0.25, 0.3) is 0 Å². The van der Waals surface area contributed by atoms with Gasteiger partial charge in [-0.25, -0.2) is 0 Å². The number of carbonyl (C=O) groups is 2. The normalized spacial score (nSPS) is 19.0. The molecule has 1 aliphatic heterocycles. The molecular formula is C18H28N2O3Si. The van der Waals surface area contributed by atoms with E-state index >= 15 is 0 Å². The lowest BCUT2D eigenvalue weighted by molar-refractivity contribution is -0.134. The van der Waals surface area contributed by atoms with Gasteiger partial charge in [0.15, 0.2) is 0 Å². The van der Waals surface area contributed by atoms with E-state index in [1.807, 2.05) is 36.2 Å². The number of nitrogens with zero attached hydrogens (tertiary/aromatic N) is 1. The van der Waals surface area contributed by atoms with Crippen LogP contribution in [0.2, 0.25) is 18.1 Å². The average Bonchev–Trinajstić information content (AvgIpc) is 2.45. The van der Waals surface area contributed by atoms with Gasteiger partial charge in [0.2, 0.25) is 20.1 Å². The number of anilines is 1. The monoisotopic (exact) mass is 348 g/mol. The molecule has 1 heterocycles. The summed E-state index contributed by atoms with van der Waals surface area (Å²) in [5, 5.41) is 2.53. The molecule has 0 radical (unpaired) electrons. The van der Waals surface area contributed by atoms with Crippen LogP contribution < -0.4 is 14.6 Å². The molecule has 1 fully saturated rings. The fraction of sp³-hybridized carbons (Fsp3) is 0.556. The zero-order valence-corrected chi connectivity index (χ0v) is 16.5. The first-order valence-corrected chi connectivity index (χ1v) is 11.3. The molecule has 5 nitrogen and oxygen atoms in total. The summed E-state index contributed by atoms with van der Waals surface area (Å²) in [6, 6.07) is 7.51. The van der Waals surface area contributed by atoms with E-state index in [1.54, 1.807) is 0 Å². The molecule has 1 aromatic carbocycles. The molecule has 0 aliphatic carbocycles. The van der Waals surface area contributed by atoms with Crippen LogP contribution in [0, 0.1) is 0 Å². The van der Waals surface area contributed by atoms with Gasteiger partial charge in [-0.3, -0.25) is 14.9 Å². The Kier molecular flexibility index (Phi) is 5.08. The third kappa shape index (κ3) is 3.98. The number of carbonyl (C=O) groups excluding carboxylic acids is 2. The van der Waals surface area contributed by atoms with Gasteiger partial charge in [0, 0.05) is 25.2 Å². The highest BCUT2D eigenvalue weighted by atomic mass is 28.4. The van der Waals surface area contributed by atoms with Gasteiger partial charge in [-0.1, -0.05) is 26.8 Å². The van der Waals surface area contributed by atoms with E-state index in [1.165, 1.54) is 0 Å². The van der Waals surface area contributed by atoms with Crippen molar-refractivity contribution in [1.29, 1.82) is 0 Å². The quantitative estimate of drug-likeness (QED) is 0.670. The Morgan fingerprint density at radius 2 is 1.92 bits per heavy atom. The third-order valence-electron chi connectivity index (χ3n) is 5.08. The van der Waals surface area contributed by atoms with Gasteiger partial charge in [0.1, 0.15) is 11.8 Å². The summed E-state index contributed by atoms with van der Waals surface area (Å²) in [7, 11) is -0.0276. The Morgan fingerprint density at radius 1 is 1.25 bits per heavy atom. The highest BCUT2D eigenvalue weighted by Crippen LogP contribution is 2.38. The zero-order chi connectivity index (χ0) is 18.1. The topological polar surface area (TPSA) is 58.6 Å². The highest BCUT2D eigenvalue weighted by Gasteiger charge is 2.39. The number of rotatable bonds is 4. The number of nitrogens with one attached hydrogen (secondary N) is 1. The van der Waals surface area contributed by atoms with Crippen molar-refractivity contribution in [2.24, 2.45) is 0 Å². The highest BCUT2D eigenvalue weighted by molar-refractivity contribution is 6.74. The van der Waals surface area contributed by atoms with Crippen molar-refractivity contribution < 1.29 is 14.0 Å². The second kappa shape index (κ2) is 6.59. The van der Waals surface area contributed by atoms with Crippen molar-refractivity contribution in [3.8, 4) is 5.75 Å². The molecule has 0 spiro atoms. The van der Waals surface area contributed by atoms with Gasteiger partial charge in [-0.05, 0) is 36.7 Å². The van der Waals surface area contributed by atoms with Crippen LogP contribution in [-0.4, -0.2) is 33.2 Å². The Hall–Kier alpha value is -1.82. The van der Waals surface area contributed by atoms with E-state index in [0.29, 0.717) is 12.8 Å². The maximum atomic E-state index is 12.1.